The summed E-state index contributed by atoms with van der Waals surface area (Å²) in [6, 6.07) is 8.56. The van der Waals surface area contributed by atoms with Gasteiger partial charge in [-0.15, -0.1) is 0 Å². The minimum absolute atomic E-state index is 0.375. The van der Waals surface area contributed by atoms with Gasteiger partial charge in [-0.2, -0.15) is 0 Å². The largest absolute Gasteiger partial charge is 0.356 e. The van der Waals surface area contributed by atoms with E-state index in [0.29, 0.717) is 25.6 Å². The lowest BCUT2D eigenvalue weighted by Gasteiger charge is -2.19. The molecule has 7 heteroatoms. The van der Waals surface area contributed by atoms with Gasteiger partial charge in [-0.05, 0) is 24.8 Å². The third kappa shape index (κ3) is 7.88. The molecule has 0 aromatic heterocycles. The topological polar surface area (TPSA) is 73.8 Å². The average molecular weight is 369 g/mol. The lowest BCUT2D eigenvalue weighted by atomic mass is 10.0. The molecule has 0 aliphatic heterocycles. The first-order valence-electron chi connectivity index (χ1n) is 8.74. The van der Waals surface area contributed by atoms with Crippen molar-refractivity contribution < 1.29 is 8.42 Å². The summed E-state index contributed by atoms with van der Waals surface area (Å²) in [7, 11) is -1.38. The molecule has 1 aromatic carbocycles. The van der Waals surface area contributed by atoms with E-state index in [1.807, 2.05) is 6.92 Å². The Bertz CT molecular complexity index is 642. The molecule has 0 fully saturated rings. The first kappa shape index (κ1) is 21.4. The molecule has 2 N–H and O–H groups in total. The number of benzene rings is 1. The van der Waals surface area contributed by atoms with Gasteiger partial charge in [0.05, 0.1) is 6.26 Å². The molecule has 0 amide bonds. The van der Waals surface area contributed by atoms with E-state index in [0.717, 1.165) is 18.9 Å². The molecule has 6 nitrogen and oxygen atoms in total. The minimum atomic E-state index is -3.12. The van der Waals surface area contributed by atoms with Gasteiger partial charge in [0.1, 0.15) is 0 Å². The van der Waals surface area contributed by atoms with Gasteiger partial charge in [0.2, 0.25) is 10.0 Å². The molecule has 0 spiro atoms. The van der Waals surface area contributed by atoms with Crippen LogP contribution >= 0.6 is 0 Å². The van der Waals surface area contributed by atoms with E-state index in [4.69, 9.17) is 0 Å². The number of sulfonamides is 1. The van der Waals surface area contributed by atoms with Gasteiger partial charge in [0.25, 0.3) is 0 Å². The lowest BCUT2D eigenvalue weighted by molar-refractivity contribution is 0.424. The molecule has 0 saturated heterocycles. The van der Waals surface area contributed by atoms with Crippen LogP contribution in [0.1, 0.15) is 37.3 Å². The molecule has 0 heterocycles. The maximum Gasteiger partial charge on any atom is 0.211 e. The summed E-state index contributed by atoms with van der Waals surface area (Å²) in [5.41, 5.74) is 2.55. The van der Waals surface area contributed by atoms with Gasteiger partial charge >= 0.3 is 0 Å². The van der Waals surface area contributed by atoms with Gasteiger partial charge in [-0.1, -0.05) is 43.7 Å². The second-order valence-electron chi connectivity index (χ2n) is 6.30. The molecule has 142 valence electrons. The van der Waals surface area contributed by atoms with Crippen molar-refractivity contribution in [2.24, 2.45) is 4.99 Å². The second-order valence-corrected chi connectivity index (χ2v) is 8.28. The third-order valence-electron chi connectivity index (χ3n) is 4.14. The summed E-state index contributed by atoms with van der Waals surface area (Å²) in [6.45, 7) is 8.58. The van der Waals surface area contributed by atoms with Crippen LogP contribution in [0.5, 0.6) is 0 Å². The zero-order valence-corrected chi connectivity index (χ0v) is 16.9. The molecule has 1 aromatic rings. The number of hydrogen-bond acceptors (Lipinski definition) is 3. The van der Waals surface area contributed by atoms with Gasteiger partial charge in [-0.3, -0.25) is 4.99 Å². The van der Waals surface area contributed by atoms with Crippen LogP contribution in [0, 0.1) is 6.92 Å². The summed E-state index contributed by atoms with van der Waals surface area (Å²) in [6.07, 6.45) is 1.98. The summed E-state index contributed by atoms with van der Waals surface area (Å²) >= 11 is 0. The van der Waals surface area contributed by atoms with E-state index < -0.39 is 10.0 Å². The summed E-state index contributed by atoms with van der Waals surface area (Å²) in [5, 5.41) is 6.56. The van der Waals surface area contributed by atoms with E-state index in [-0.39, 0.29) is 0 Å². The van der Waals surface area contributed by atoms with E-state index in [9.17, 15) is 8.42 Å². The fourth-order valence-corrected chi connectivity index (χ4v) is 3.43. The summed E-state index contributed by atoms with van der Waals surface area (Å²) < 4.78 is 24.6. The molecule has 1 atom stereocenters. The van der Waals surface area contributed by atoms with Crippen LogP contribution in [0.25, 0.3) is 0 Å². The Balaban J connectivity index is 2.36. The van der Waals surface area contributed by atoms with Crippen LogP contribution < -0.4 is 10.6 Å². The summed E-state index contributed by atoms with van der Waals surface area (Å²) in [4.78, 5) is 4.22. The zero-order chi connectivity index (χ0) is 18.9. The number of aryl methyl sites for hydroxylation is 1. The van der Waals surface area contributed by atoms with Crippen molar-refractivity contribution in [2.75, 3.05) is 39.5 Å². The van der Waals surface area contributed by atoms with Crippen molar-refractivity contribution in [2.45, 2.75) is 33.1 Å². The molecule has 0 radical (unpaired) electrons. The molecule has 1 unspecified atom stereocenters. The normalized spacial score (nSPS) is 13.8. The quantitative estimate of drug-likeness (QED) is 0.397. The maximum absolute atomic E-state index is 11.5. The highest BCUT2D eigenvalue weighted by molar-refractivity contribution is 7.88. The Hall–Kier alpha value is -1.60. The smallest absolute Gasteiger partial charge is 0.211 e. The van der Waals surface area contributed by atoms with Gasteiger partial charge in [0, 0.05) is 33.2 Å². The average Bonchev–Trinajstić information content (AvgIpc) is 2.56. The third-order valence-corrected chi connectivity index (χ3v) is 5.52. The van der Waals surface area contributed by atoms with Crippen molar-refractivity contribution in [1.82, 2.24) is 14.9 Å². The van der Waals surface area contributed by atoms with Crippen LogP contribution in [0.4, 0.5) is 0 Å². The molecule has 0 bridgehead atoms. The van der Waals surface area contributed by atoms with E-state index in [2.05, 4.69) is 53.7 Å². The number of rotatable bonds is 9. The number of nitrogens with zero attached hydrogens (tertiary/aromatic N) is 2. The Kier molecular flexibility index (Phi) is 8.92. The molecule has 25 heavy (non-hydrogen) atoms. The monoisotopic (exact) mass is 368 g/mol. The highest BCUT2D eigenvalue weighted by atomic mass is 32.2. The van der Waals surface area contributed by atoms with E-state index >= 15 is 0 Å². The zero-order valence-electron chi connectivity index (χ0n) is 16.0. The Morgan fingerprint density at radius 2 is 1.88 bits per heavy atom. The van der Waals surface area contributed by atoms with Crippen molar-refractivity contribution >= 4 is 16.0 Å². The van der Waals surface area contributed by atoms with Gasteiger partial charge in [0.15, 0.2) is 5.96 Å². The first-order valence-corrected chi connectivity index (χ1v) is 10.6. The van der Waals surface area contributed by atoms with Crippen molar-refractivity contribution in [3.63, 3.8) is 0 Å². The van der Waals surface area contributed by atoms with E-state index in [1.165, 1.54) is 21.7 Å². The summed E-state index contributed by atoms with van der Waals surface area (Å²) in [5.74, 6) is 1.11. The van der Waals surface area contributed by atoms with Gasteiger partial charge in [-0.25, -0.2) is 12.7 Å². The Morgan fingerprint density at radius 3 is 2.40 bits per heavy atom. The molecular weight excluding hydrogens is 336 g/mol. The first-order chi connectivity index (χ1) is 11.8. The van der Waals surface area contributed by atoms with E-state index in [1.54, 1.807) is 7.05 Å². The van der Waals surface area contributed by atoms with Crippen LogP contribution in [0.2, 0.25) is 0 Å². The molecule has 0 aliphatic carbocycles. The second kappa shape index (κ2) is 10.4. The SMILES string of the molecule is CCN(CCCNC(=NC)NCC(C)c1ccc(C)cc1)S(C)(=O)=O. The van der Waals surface area contributed by atoms with Crippen molar-refractivity contribution in [1.29, 1.82) is 0 Å². The van der Waals surface area contributed by atoms with Crippen molar-refractivity contribution in [3.8, 4) is 0 Å². The van der Waals surface area contributed by atoms with Crippen LogP contribution in [0.15, 0.2) is 29.3 Å². The molecule has 1 rings (SSSR count). The number of aliphatic imine (C=N–C) groups is 1. The number of nitrogens with one attached hydrogen (secondary N) is 2. The lowest BCUT2D eigenvalue weighted by Crippen LogP contribution is -2.40. The van der Waals surface area contributed by atoms with Crippen LogP contribution in [-0.2, 0) is 10.0 Å². The fourth-order valence-electron chi connectivity index (χ4n) is 2.50. The number of hydrogen-bond donors (Lipinski definition) is 2. The molecule has 0 saturated carbocycles. The Morgan fingerprint density at radius 1 is 1.24 bits per heavy atom. The predicted molar refractivity (Wildman–Crippen MR) is 106 cm³/mol. The van der Waals surface area contributed by atoms with Gasteiger partial charge < -0.3 is 10.6 Å². The maximum atomic E-state index is 11.5. The number of guanidine groups is 1. The minimum Gasteiger partial charge on any atom is -0.356 e. The van der Waals surface area contributed by atoms with Crippen molar-refractivity contribution in [3.05, 3.63) is 35.4 Å². The highest BCUT2D eigenvalue weighted by Crippen LogP contribution is 2.14. The standard InChI is InChI=1S/C18H32N4O2S/c1-6-22(25(5,23)24)13-7-12-20-18(19-4)21-14-16(3)17-10-8-15(2)9-11-17/h8-11,16H,6-7,12-14H2,1-5H3,(H2,19,20,21). The fraction of sp³-hybridized carbons (Fsp3) is 0.611. The molecule has 0 aliphatic rings. The Labute approximate surface area is 152 Å². The highest BCUT2D eigenvalue weighted by Gasteiger charge is 2.13. The molecular formula is C18H32N4O2S. The van der Waals surface area contributed by atoms with Crippen LogP contribution in [0.3, 0.4) is 0 Å². The van der Waals surface area contributed by atoms with Crippen LogP contribution in [-0.4, -0.2) is 58.2 Å². The predicted octanol–water partition coefficient (Wildman–Crippen LogP) is 1.94.